The van der Waals surface area contributed by atoms with Gasteiger partial charge in [-0.3, -0.25) is 18.8 Å². The van der Waals surface area contributed by atoms with E-state index in [4.69, 9.17) is 28.9 Å². The Morgan fingerprint density at radius 1 is 1.02 bits per heavy atom. The largest absolute Gasteiger partial charge is 0.370 e. The number of anilines is 1. The molecule has 3 aromatic rings. The van der Waals surface area contributed by atoms with E-state index in [9.17, 15) is 18.0 Å². The van der Waals surface area contributed by atoms with Gasteiger partial charge >= 0.3 is 0 Å². The molecule has 40 heavy (non-hydrogen) atoms. The summed E-state index contributed by atoms with van der Waals surface area (Å²) in [6.07, 6.45) is 1.48. The van der Waals surface area contributed by atoms with Gasteiger partial charge in [-0.2, -0.15) is 0 Å². The highest BCUT2D eigenvalue weighted by Gasteiger charge is 2.41. The zero-order valence-electron chi connectivity index (χ0n) is 21.7. The van der Waals surface area contributed by atoms with Crippen LogP contribution in [0, 0.1) is 5.82 Å². The van der Waals surface area contributed by atoms with Crippen molar-refractivity contribution in [1.29, 1.82) is 0 Å². The van der Waals surface area contributed by atoms with Gasteiger partial charge in [-0.1, -0.05) is 47.5 Å². The number of hydrogen-bond donors (Lipinski definition) is 2. The molecule has 8 nitrogen and oxygen atoms in total. The first-order valence-corrected chi connectivity index (χ1v) is 15.1. The summed E-state index contributed by atoms with van der Waals surface area (Å²) in [6.45, 7) is 0.816. The normalized spacial score (nSPS) is 14.1. The zero-order chi connectivity index (χ0) is 29.0. The van der Waals surface area contributed by atoms with Crippen molar-refractivity contribution < 1.29 is 22.4 Å². The molecule has 3 N–H and O–H groups in total. The molecule has 0 aromatic heterocycles. The van der Waals surface area contributed by atoms with Crippen molar-refractivity contribution in [1.82, 2.24) is 10.2 Å². The average Bonchev–Trinajstić information content (AvgIpc) is 2.87. The summed E-state index contributed by atoms with van der Waals surface area (Å²) in [5.74, 6) is -1.76. The van der Waals surface area contributed by atoms with Crippen LogP contribution >= 0.6 is 23.2 Å². The highest BCUT2D eigenvalue weighted by atomic mass is 35.5. The molecular formula is C28H29Cl2FN4O4S. The van der Waals surface area contributed by atoms with Crippen molar-refractivity contribution in [2.75, 3.05) is 30.2 Å². The number of halogens is 3. The zero-order valence-corrected chi connectivity index (χ0v) is 24.0. The number of sulfonamides is 1. The molecule has 1 saturated heterocycles. The summed E-state index contributed by atoms with van der Waals surface area (Å²) in [5.41, 5.74) is 6.92. The van der Waals surface area contributed by atoms with Crippen molar-refractivity contribution in [2.45, 2.75) is 24.9 Å². The Morgan fingerprint density at radius 3 is 2.08 bits per heavy atom. The predicted octanol–water partition coefficient (Wildman–Crippen LogP) is 4.37. The molecule has 0 spiro atoms. The fourth-order valence-corrected chi connectivity index (χ4v) is 6.21. The number of amides is 2. The molecule has 1 aliphatic rings. The van der Waals surface area contributed by atoms with Gasteiger partial charge in [0.25, 0.3) is 5.91 Å². The lowest BCUT2D eigenvalue weighted by Crippen LogP contribution is -2.61. The van der Waals surface area contributed by atoms with Gasteiger partial charge in [0.05, 0.1) is 24.0 Å². The first kappa shape index (κ1) is 29.8. The average molecular weight is 608 g/mol. The van der Waals surface area contributed by atoms with Crippen LogP contribution in [0.5, 0.6) is 0 Å². The van der Waals surface area contributed by atoms with Crippen LogP contribution in [0.25, 0.3) is 0 Å². The van der Waals surface area contributed by atoms with Crippen LogP contribution in [-0.4, -0.2) is 57.1 Å². The molecule has 2 amide bonds. The summed E-state index contributed by atoms with van der Waals surface area (Å²) >= 11 is 12.2. The summed E-state index contributed by atoms with van der Waals surface area (Å²) in [6, 6.07) is 17.6. The molecule has 0 bridgehead atoms. The number of nitrogens with two attached hydrogens (primary N) is 1. The van der Waals surface area contributed by atoms with Gasteiger partial charge in [0.2, 0.25) is 15.9 Å². The van der Waals surface area contributed by atoms with E-state index in [1.165, 1.54) is 12.1 Å². The topological polar surface area (TPSA) is 113 Å². The van der Waals surface area contributed by atoms with Crippen LogP contribution in [0.15, 0.2) is 66.7 Å². The lowest BCUT2D eigenvalue weighted by Gasteiger charge is -2.48. The van der Waals surface area contributed by atoms with Gasteiger partial charge in [-0.25, -0.2) is 12.8 Å². The molecule has 1 fully saturated rings. The lowest BCUT2D eigenvalue weighted by molar-refractivity contribution is -0.118. The molecule has 0 radical (unpaired) electrons. The highest BCUT2D eigenvalue weighted by Crippen LogP contribution is 2.37. The maximum Gasteiger partial charge on any atom is 0.251 e. The van der Waals surface area contributed by atoms with Gasteiger partial charge < -0.3 is 11.1 Å². The standard InChI is InChI=1S/C28H29Cl2FN4O4S/c1-40(38,39)35(25-15-20(8-13-24(25)31)28(37)33-14-2-3-26(32)36)23-16-34(17-23)27(18-4-9-21(29)10-5-18)19-6-11-22(30)12-7-19/h4-13,15,23,27H,2-3,14,16-17H2,1H3,(H2,32,36)(H,33,37). The van der Waals surface area contributed by atoms with Gasteiger partial charge in [0.1, 0.15) is 5.82 Å². The molecule has 1 aliphatic heterocycles. The molecular weight excluding hydrogens is 578 g/mol. The highest BCUT2D eigenvalue weighted by molar-refractivity contribution is 7.92. The van der Waals surface area contributed by atoms with Crippen LogP contribution in [0.3, 0.4) is 0 Å². The number of carbonyl (C=O) groups is 2. The van der Waals surface area contributed by atoms with Crippen LogP contribution in [-0.2, 0) is 14.8 Å². The summed E-state index contributed by atoms with van der Waals surface area (Å²) in [7, 11) is -3.91. The number of hydrogen-bond acceptors (Lipinski definition) is 5. The van der Waals surface area contributed by atoms with Gasteiger partial charge in [-0.15, -0.1) is 0 Å². The van der Waals surface area contributed by atoms with Crippen molar-refractivity contribution >= 4 is 50.7 Å². The van der Waals surface area contributed by atoms with E-state index < -0.39 is 33.7 Å². The molecule has 212 valence electrons. The Kier molecular flexibility index (Phi) is 9.35. The molecule has 1 heterocycles. The number of primary amides is 1. The third-order valence-corrected chi connectivity index (χ3v) is 8.36. The molecule has 12 heteroatoms. The van der Waals surface area contributed by atoms with Gasteiger partial charge in [0, 0.05) is 41.7 Å². The van der Waals surface area contributed by atoms with Crippen molar-refractivity contribution in [3.63, 3.8) is 0 Å². The molecule has 4 rings (SSSR count). The molecule has 3 aromatic carbocycles. The van der Waals surface area contributed by atoms with E-state index in [-0.39, 0.29) is 30.3 Å². The fraction of sp³-hybridized carbons (Fsp3) is 0.286. The minimum absolute atomic E-state index is 0.0977. The minimum Gasteiger partial charge on any atom is -0.370 e. The number of benzene rings is 3. The van der Waals surface area contributed by atoms with Crippen LogP contribution in [0.1, 0.15) is 40.4 Å². The Morgan fingerprint density at radius 2 is 1.57 bits per heavy atom. The molecule has 0 atom stereocenters. The van der Waals surface area contributed by atoms with Crippen LogP contribution in [0.2, 0.25) is 10.0 Å². The van der Waals surface area contributed by atoms with Gasteiger partial charge in [-0.05, 0) is 60.0 Å². The van der Waals surface area contributed by atoms with Crippen molar-refractivity contribution in [3.05, 3.63) is 99.3 Å². The molecule has 0 aliphatic carbocycles. The fourth-order valence-electron chi connectivity index (χ4n) is 4.79. The predicted molar refractivity (Wildman–Crippen MR) is 155 cm³/mol. The van der Waals surface area contributed by atoms with Gasteiger partial charge in [0.15, 0.2) is 0 Å². The van der Waals surface area contributed by atoms with E-state index in [0.717, 1.165) is 27.8 Å². The van der Waals surface area contributed by atoms with E-state index in [0.29, 0.717) is 29.6 Å². The third kappa shape index (κ3) is 7.11. The van der Waals surface area contributed by atoms with E-state index >= 15 is 4.39 Å². The number of rotatable bonds is 11. The summed E-state index contributed by atoms with van der Waals surface area (Å²) in [4.78, 5) is 25.6. The second-order valence-electron chi connectivity index (χ2n) is 9.66. The quantitative estimate of drug-likeness (QED) is 0.315. The maximum absolute atomic E-state index is 15.1. The lowest BCUT2D eigenvalue weighted by atomic mass is 9.93. The minimum atomic E-state index is -3.91. The first-order valence-electron chi connectivity index (χ1n) is 12.5. The Balaban J connectivity index is 1.57. The number of nitrogens with one attached hydrogen (secondary N) is 1. The monoisotopic (exact) mass is 606 g/mol. The third-order valence-electron chi connectivity index (χ3n) is 6.65. The number of nitrogens with zero attached hydrogens (tertiary/aromatic N) is 2. The second kappa shape index (κ2) is 12.6. The Labute approximate surface area is 242 Å². The van der Waals surface area contributed by atoms with Crippen molar-refractivity contribution in [2.24, 2.45) is 5.73 Å². The molecule has 0 unspecified atom stereocenters. The second-order valence-corrected chi connectivity index (χ2v) is 12.4. The Hall–Kier alpha value is -3.18. The Bertz CT molecular complexity index is 1440. The first-order chi connectivity index (χ1) is 18.9. The summed E-state index contributed by atoms with van der Waals surface area (Å²) in [5, 5.41) is 3.82. The van der Waals surface area contributed by atoms with Crippen LogP contribution < -0.4 is 15.4 Å². The molecule has 0 saturated carbocycles. The van der Waals surface area contributed by atoms with E-state index in [2.05, 4.69) is 10.2 Å². The summed E-state index contributed by atoms with van der Waals surface area (Å²) < 4.78 is 42.0. The SMILES string of the molecule is CS(=O)(=O)N(c1cc(C(=O)NCCCC(N)=O)ccc1F)C1CN(C(c2ccc(Cl)cc2)c2ccc(Cl)cc2)C1. The smallest absolute Gasteiger partial charge is 0.251 e. The van der Waals surface area contributed by atoms with E-state index in [1.54, 1.807) is 24.3 Å². The maximum atomic E-state index is 15.1. The number of carbonyl (C=O) groups excluding carboxylic acids is 2. The number of likely N-dealkylation sites (tertiary alicyclic amines) is 1. The van der Waals surface area contributed by atoms with Crippen LogP contribution in [0.4, 0.5) is 10.1 Å². The van der Waals surface area contributed by atoms with Crippen molar-refractivity contribution in [3.8, 4) is 0 Å². The van der Waals surface area contributed by atoms with E-state index in [1.807, 2.05) is 24.3 Å².